The summed E-state index contributed by atoms with van der Waals surface area (Å²) < 4.78 is 5.54. The Hall–Kier alpha value is -2.80. The lowest BCUT2D eigenvalue weighted by atomic mass is 10.2. The maximum atomic E-state index is 10.3. The number of anilines is 1. The van der Waals surface area contributed by atoms with Crippen LogP contribution in [-0.2, 0) is 11.2 Å². The van der Waals surface area contributed by atoms with E-state index in [2.05, 4.69) is 10.2 Å². The summed E-state index contributed by atoms with van der Waals surface area (Å²) in [7, 11) is 1.42. The molecule has 0 fully saturated rings. The summed E-state index contributed by atoms with van der Waals surface area (Å²) >= 11 is 0. The van der Waals surface area contributed by atoms with Crippen LogP contribution in [0, 0.1) is 6.57 Å². The van der Waals surface area contributed by atoms with Gasteiger partial charge in [-0.15, -0.1) is 0 Å². The number of nitrogens with one attached hydrogen (secondary N) is 1. The van der Waals surface area contributed by atoms with Crippen molar-refractivity contribution in [2.45, 2.75) is 20.3 Å². The molecule has 0 spiro atoms. The first-order valence-electron chi connectivity index (χ1n) is 7.50. The minimum atomic E-state index is 0.414. The molecule has 0 radical (unpaired) electrons. The number of para-hydroxylation sites is 1. The number of carbonyl (C=O) groups is 1. The van der Waals surface area contributed by atoms with Gasteiger partial charge in [-0.25, -0.2) is 6.57 Å². The lowest BCUT2D eigenvalue weighted by Crippen LogP contribution is -2.08. The predicted octanol–water partition coefficient (Wildman–Crippen LogP) is 4.44. The molecule has 0 saturated carbocycles. The van der Waals surface area contributed by atoms with Crippen LogP contribution in [0.15, 0.2) is 54.6 Å². The van der Waals surface area contributed by atoms with Crippen molar-refractivity contribution in [2.75, 3.05) is 19.1 Å². The highest BCUT2D eigenvalue weighted by molar-refractivity contribution is 5.55. The predicted molar refractivity (Wildman–Crippen MR) is 95.6 cm³/mol. The second-order valence-corrected chi connectivity index (χ2v) is 4.07. The van der Waals surface area contributed by atoms with Gasteiger partial charge in [0.2, 0.25) is 7.05 Å². The minimum Gasteiger partial charge on any atom is -0.473 e. The van der Waals surface area contributed by atoms with Crippen LogP contribution in [0.25, 0.3) is 4.85 Å². The molecule has 0 heterocycles. The molecule has 23 heavy (non-hydrogen) atoms. The van der Waals surface area contributed by atoms with Gasteiger partial charge >= 0.3 is 0 Å². The number of hydrogen-bond donors (Lipinski definition) is 1. The number of ether oxygens (including phenoxy) is 1. The third-order valence-electron chi connectivity index (χ3n) is 2.53. The molecule has 122 valence electrons. The van der Waals surface area contributed by atoms with Crippen LogP contribution in [0.4, 0.5) is 5.69 Å². The number of rotatable bonds is 6. The number of carbonyl (C=O) groups excluding carboxylic acids is 1. The van der Waals surface area contributed by atoms with Gasteiger partial charge in [0.15, 0.2) is 6.73 Å². The van der Waals surface area contributed by atoms with Gasteiger partial charge in [0.05, 0.1) is 0 Å². The maximum Gasteiger partial charge on any atom is 0.205 e. The van der Waals surface area contributed by atoms with E-state index in [0.717, 1.165) is 23.3 Å². The Balaban J connectivity index is 0.000000868. The summed E-state index contributed by atoms with van der Waals surface area (Å²) in [6, 6.07) is 17.4. The Bertz CT molecular complexity index is 560. The van der Waals surface area contributed by atoms with Crippen LogP contribution in [0.1, 0.15) is 19.4 Å². The molecule has 0 aromatic heterocycles. The van der Waals surface area contributed by atoms with E-state index >= 15 is 0 Å². The van der Waals surface area contributed by atoms with E-state index in [-0.39, 0.29) is 0 Å². The second-order valence-electron chi connectivity index (χ2n) is 4.07. The van der Waals surface area contributed by atoms with Gasteiger partial charge in [-0.3, -0.25) is 0 Å². The van der Waals surface area contributed by atoms with Crippen molar-refractivity contribution in [3.63, 3.8) is 0 Å². The molecule has 2 aromatic carbocycles. The van der Waals surface area contributed by atoms with Gasteiger partial charge < -0.3 is 19.7 Å². The summed E-state index contributed by atoms with van der Waals surface area (Å²) in [5.41, 5.74) is 2.02. The van der Waals surface area contributed by atoms with Crippen molar-refractivity contribution < 1.29 is 9.53 Å². The highest BCUT2D eigenvalue weighted by Crippen LogP contribution is 2.12. The van der Waals surface area contributed by atoms with E-state index < -0.39 is 0 Å². The van der Waals surface area contributed by atoms with Crippen molar-refractivity contribution in [1.29, 1.82) is 0 Å². The molecular weight excluding hydrogens is 288 g/mol. The molecule has 0 atom stereocenters. The summed E-state index contributed by atoms with van der Waals surface area (Å²) in [6.45, 7) is 10.2. The monoisotopic (exact) mass is 312 g/mol. The fourth-order valence-corrected chi connectivity index (χ4v) is 1.58. The van der Waals surface area contributed by atoms with Crippen LogP contribution >= 0.6 is 0 Å². The van der Waals surface area contributed by atoms with Gasteiger partial charge in [-0.05, 0) is 29.8 Å². The third kappa shape index (κ3) is 9.70. The number of aldehydes is 1. The summed E-state index contributed by atoms with van der Waals surface area (Å²) in [6.07, 6.45) is 1.34. The average molecular weight is 312 g/mol. The molecule has 4 heteroatoms. The Morgan fingerprint density at radius 1 is 1.09 bits per heavy atom. The van der Waals surface area contributed by atoms with E-state index in [0.29, 0.717) is 13.2 Å². The molecule has 1 N–H and O–H groups in total. The van der Waals surface area contributed by atoms with E-state index in [1.807, 2.05) is 68.4 Å². The fraction of sp³-hybridized carbons (Fsp3) is 0.263. The smallest absolute Gasteiger partial charge is 0.205 e. The molecule has 4 nitrogen and oxygen atoms in total. The Morgan fingerprint density at radius 3 is 2.17 bits per heavy atom. The summed E-state index contributed by atoms with van der Waals surface area (Å²) in [5.74, 6) is 0.785. The van der Waals surface area contributed by atoms with Crippen molar-refractivity contribution >= 4 is 12.0 Å². The van der Waals surface area contributed by atoms with E-state index in [1.165, 1.54) is 7.05 Å². The zero-order valence-corrected chi connectivity index (χ0v) is 14.0. The Kier molecular flexibility index (Phi) is 12.4. The molecule has 0 bridgehead atoms. The quantitative estimate of drug-likeness (QED) is 0.487. The third-order valence-corrected chi connectivity index (χ3v) is 2.53. The van der Waals surface area contributed by atoms with Gasteiger partial charge in [0.1, 0.15) is 12.0 Å². The van der Waals surface area contributed by atoms with Crippen LogP contribution < -0.4 is 10.1 Å². The Morgan fingerprint density at radius 2 is 1.65 bits per heavy atom. The van der Waals surface area contributed by atoms with Gasteiger partial charge in [0.25, 0.3) is 0 Å². The van der Waals surface area contributed by atoms with Gasteiger partial charge in [-0.2, -0.15) is 0 Å². The second kappa shape index (κ2) is 14.2. The topological polar surface area (TPSA) is 42.7 Å². The molecule has 0 aliphatic carbocycles. The molecule has 0 amide bonds. The van der Waals surface area contributed by atoms with Crippen molar-refractivity contribution in [1.82, 2.24) is 0 Å². The van der Waals surface area contributed by atoms with Crippen LogP contribution in [-0.4, -0.2) is 20.1 Å². The molecule has 0 aliphatic rings. The molecule has 2 aromatic rings. The highest BCUT2D eigenvalue weighted by Gasteiger charge is 1.95. The first kappa shape index (κ1) is 20.2. The minimum absolute atomic E-state index is 0.414. The van der Waals surface area contributed by atoms with Gasteiger partial charge in [0, 0.05) is 12.1 Å². The van der Waals surface area contributed by atoms with E-state index in [4.69, 9.17) is 11.3 Å². The maximum absolute atomic E-state index is 10.3. The van der Waals surface area contributed by atoms with Crippen molar-refractivity contribution in [3.05, 3.63) is 71.6 Å². The zero-order chi connectivity index (χ0) is 17.3. The summed E-state index contributed by atoms with van der Waals surface area (Å²) in [5, 5.41) is 3.15. The average Bonchev–Trinajstić information content (AvgIpc) is 2.60. The molecule has 0 unspecified atom stereocenters. The number of hydrogen-bond acceptors (Lipinski definition) is 3. The molecular formula is C19H24N2O2. The fourth-order valence-electron chi connectivity index (χ4n) is 1.58. The first-order chi connectivity index (χ1) is 11.3. The standard InChI is InChI=1S/C15H15NO2.C2H3N.C2H6/c17-11-10-13-6-8-15(9-7-13)18-12-16-14-4-2-1-3-5-14;1-3-2;1-2/h1-9,11,16H,10,12H2;1H3;1-2H3. The van der Waals surface area contributed by atoms with Crippen molar-refractivity contribution in [2.24, 2.45) is 0 Å². The largest absolute Gasteiger partial charge is 0.473 e. The van der Waals surface area contributed by atoms with E-state index in [9.17, 15) is 4.79 Å². The number of benzene rings is 2. The van der Waals surface area contributed by atoms with Gasteiger partial charge in [-0.1, -0.05) is 44.2 Å². The zero-order valence-electron chi connectivity index (χ0n) is 14.0. The van der Waals surface area contributed by atoms with Crippen LogP contribution in [0.3, 0.4) is 0 Å². The molecule has 0 aliphatic heterocycles. The van der Waals surface area contributed by atoms with Crippen LogP contribution in [0.2, 0.25) is 0 Å². The number of nitrogens with zero attached hydrogens (tertiary/aromatic N) is 1. The normalized spacial score (nSPS) is 8.26. The SMILES string of the molecule is CC.O=CCc1ccc(OCNc2ccccc2)cc1.[C-]#[N+]C. The molecule has 2 rings (SSSR count). The summed E-state index contributed by atoms with van der Waals surface area (Å²) in [4.78, 5) is 13.1. The lowest BCUT2D eigenvalue weighted by molar-refractivity contribution is -0.107. The lowest BCUT2D eigenvalue weighted by Gasteiger charge is -2.09. The van der Waals surface area contributed by atoms with Crippen molar-refractivity contribution in [3.8, 4) is 5.75 Å². The van der Waals surface area contributed by atoms with E-state index in [1.54, 1.807) is 0 Å². The van der Waals surface area contributed by atoms with Crippen LogP contribution in [0.5, 0.6) is 5.75 Å². The first-order valence-corrected chi connectivity index (χ1v) is 7.50. The molecule has 0 saturated heterocycles. The highest BCUT2D eigenvalue weighted by atomic mass is 16.5. The Labute approximate surface area is 138 Å².